The van der Waals surface area contributed by atoms with Crippen LogP contribution < -0.4 is 4.90 Å². The first kappa shape index (κ1) is 14.5. The van der Waals surface area contributed by atoms with Crippen molar-refractivity contribution in [1.82, 2.24) is 9.97 Å². The number of nitrogens with zero attached hydrogens (tertiary/aromatic N) is 3. The van der Waals surface area contributed by atoms with Gasteiger partial charge in [0.15, 0.2) is 6.29 Å². The highest BCUT2D eigenvalue weighted by Gasteiger charge is 2.16. The van der Waals surface area contributed by atoms with Crippen molar-refractivity contribution in [2.75, 3.05) is 11.9 Å². The summed E-state index contributed by atoms with van der Waals surface area (Å²) in [5, 5.41) is 0.179. The lowest BCUT2D eigenvalue weighted by Crippen LogP contribution is -2.15. The SMILES string of the molecule is Cc1cc(C)cc(N(C)c2nc(C)nc(Cl)c2C=O)c1. The quantitative estimate of drug-likeness (QED) is 0.639. The highest BCUT2D eigenvalue weighted by Crippen LogP contribution is 2.29. The van der Waals surface area contributed by atoms with Crippen molar-refractivity contribution < 1.29 is 4.79 Å². The molecule has 5 heteroatoms. The normalized spacial score (nSPS) is 10.4. The van der Waals surface area contributed by atoms with Gasteiger partial charge in [0.1, 0.15) is 16.8 Å². The van der Waals surface area contributed by atoms with Crippen LogP contribution in [0.4, 0.5) is 11.5 Å². The molecule has 2 rings (SSSR count). The number of aldehydes is 1. The Balaban J connectivity index is 2.58. The summed E-state index contributed by atoms with van der Waals surface area (Å²) in [6.45, 7) is 5.81. The van der Waals surface area contributed by atoms with Crippen molar-refractivity contribution in [3.63, 3.8) is 0 Å². The van der Waals surface area contributed by atoms with Gasteiger partial charge in [-0.3, -0.25) is 4.79 Å². The summed E-state index contributed by atoms with van der Waals surface area (Å²) in [7, 11) is 1.86. The molecule has 1 heterocycles. The third-order valence-electron chi connectivity index (χ3n) is 3.02. The predicted octanol–water partition coefficient (Wildman–Crippen LogP) is 3.64. The summed E-state index contributed by atoms with van der Waals surface area (Å²) in [6.07, 6.45) is 0.691. The number of aryl methyl sites for hydroxylation is 3. The molecule has 1 aromatic heterocycles. The smallest absolute Gasteiger partial charge is 0.156 e. The van der Waals surface area contributed by atoms with Crippen LogP contribution in [0, 0.1) is 20.8 Å². The molecule has 4 nitrogen and oxygen atoms in total. The van der Waals surface area contributed by atoms with Gasteiger partial charge >= 0.3 is 0 Å². The Morgan fingerprint density at radius 3 is 2.25 bits per heavy atom. The van der Waals surface area contributed by atoms with E-state index in [0.29, 0.717) is 23.5 Å². The fraction of sp³-hybridized carbons (Fsp3) is 0.267. The molecule has 0 aliphatic rings. The number of carbonyl (C=O) groups excluding carboxylic acids is 1. The Morgan fingerprint density at radius 1 is 1.10 bits per heavy atom. The van der Waals surface area contributed by atoms with E-state index in [2.05, 4.69) is 16.0 Å². The molecular weight excluding hydrogens is 274 g/mol. The van der Waals surface area contributed by atoms with Crippen LogP contribution in [0.5, 0.6) is 0 Å². The van der Waals surface area contributed by atoms with Crippen LogP contribution in [-0.4, -0.2) is 23.3 Å². The van der Waals surface area contributed by atoms with E-state index in [1.807, 2.05) is 37.9 Å². The van der Waals surface area contributed by atoms with Crippen molar-refractivity contribution in [2.24, 2.45) is 0 Å². The van der Waals surface area contributed by atoms with Crippen molar-refractivity contribution in [3.8, 4) is 0 Å². The average Bonchev–Trinajstić information content (AvgIpc) is 2.35. The second-order valence-corrected chi connectivity index (χ2v) is 5.18. The second kappa shape index (κ2) is 5.59. The zero-order valence-electron chi connectivity index (χ0n) is 11.9. The van der Waals surface area contributed by atoms with Crippen LogP contribution in [0.25, 0.3) is 0 Å². The van der Waals surface area contributed by atoms with E-state index in [9.17, 15) is 4.79 Å². The molecule has 0 N–H and O–H groups in total. The summed E-state index contributed by atoms with van der Waals surface area (Å²) < 4.78 is 0. The minimum atomic E-state index is 0.179. The summed E-state index contributed by atoms with van der Waals surface area (Å²) in [5.74, 6) is 1.05. The van der Waals surface area contributed by atoms with E-state index in [1.54, 1.807) is 6.92 Å². The predicted molar refractivity (Wildman–Crippen MR) is 81.1 cm³/mol. The first-order valence-electron chi connectivity index (χ1n) is 6.23. The highest BCUT2D eigenvalue weighted by molar-refractivity contribution is 6.32. The van der Waals surface area contributed by atoms with Crippen LogP contribution in [0.2, 0.25) is 5.15 Å². The van der Waals surface area contributed by atoms with E-state index >= 15 is 0 Å². The fourth-order valence-electron chi connectivity index (χ4n) is 2.16. The summed E-state index contributed by atoms with van der Waals surface area (Å²) >= 11 is 6.02. The maximum absolute atomic E-state index is 11.2. The number of carbonyl (C=O) groups is 1. The minimum Gasteiger partial charge on any atom is -0.329 e. The molecule has 0 fully saturated rings. The zero-order chi connectivity index (χ0) is 14.9. The third kappa shape index (κ3) is 2.80. The van der Waals surface area contributed by atoms with Gasteiger partial charge in [-0.05, 0) is 44.0 Å². The standard InChI is InChI=1S/C15H16ClN3O/c1-9-5-10(2)7-12(6-9)19(4)15-13(8-20)14(16)17-11(3)18-15/h5-8H,1-4H3. The van der Waals surface area contributed by atoms with E-state index < -0.39 is 0 Å². The summed E-state index contributed by atoms with van der Waals surface area (Å²) in [6, 6.07) is 6.16. The Kier molecular flexibility index (Phi) is 4.04. The molecule has 0 atom stereocenters. The lowest BCUT2D eigenvalue weighted by Gasteiger charge is -2.21. The number of benzene rings is 1. The monoisotopic (exact) mass is 289 g/mol. The van der Waals surface area contributed by atoms with Crippen LogP contribution in [0.15, 0.2) is 18.2 Å². The molecule has 0 aliphatic carbocycles. The largest absolute Gasteiger partial charge is 0.329 e. The molecular formula is C15H16ClN3O. The molecule has 2 aromatic rings. The van der Waals surface area contributed by atoms with E-state index in [4.69, 9.17) is 11.6 Å². The molecule has 0 saturated carbocycles. The van der Waals surface area contributed by atoms with Gasteiger partial charge in [-0.15, -0.1) is 0 Å². The van der Waals surface area contributed by atoms with Crippen LogP contribution in [-0.2, 0) is 0 Å². The van der Waals surface area contributed by atoms with Crippen LogP contribution >= 0.6 is 11.6 Å². The fourth-order valence-corrected chi connectivity index (χ4v) is 2.41. The third-order valence-corrected chi connectivity index (χ3v) is 3.31. The number of hydrogen-bond donors (Lipinski definition) is 0. The second-order valence-electron chi connectivity index (χ2n) is 4.82. The van der Waals surface area contributed by atoms with Gasteiger partial charge in [0, 0.05) is 12.7 Å². The zero-order valence-corrected chi connectivity index (χ0v) is 12.7. The van der Waals surface area contributed by atoms with E-state index in [-0.39, 0.29) is 5.15 Å². The maximum atomic E-state index is 11.2. The van der Waals surface area contributed by atoms with Crippen molar-refractivity contribution >= 4 is 29.4 Å². The molecule has 0 spiro atoms. The highest BCUT2D eigenvalue weighted by atomic mass is 35.5. The van der Waals surface area contributed by atoms with E-state index in [0.717, 1.165) is 16.8 Å². The number of rotatable bonds is 3. The molecule has 104 valence electrons. The lowest BCUT2D eigenvalue weighted by atomic mass is 10.1. The van der Waals surface area contributed by atoms with Crippen molar-refractivity contribution in [3.05, 3.63) is 45.9 Å². The summed E-state index contributed by atoms with van der Waals surface area (Å²) in [5.41, 5.74) is 3.56. The molecule has 0 bridgehead atoms. The molecule has 1 aromatic carbocycles. The number of halogens is 1. The molecule has 0 aliphatic heterocycles. The Labute approximate surface area is 123 Å². The van der Waals surface area contributed by atoms with Crippen LogP contribution in [0.1, 0.15) is 27.3 Å². The van der Waals surface area contributed by atoms with Gasteiger partial charge in [0.2, 0.25) is 0 Å². The van der Waals surface area contributed by atoms with Crippen LogP contribution in [0.3, 0.4) is 0 Å². The number of anilines is 2. The minimum absolute atomic E-state index is 0.179. The maximum Gasteiger partial charge on any atom is 0.156 e. The lowest BCUT2D eigenvalue weighted by molar-refractivity contribution is 0.112. The Bertz CT molecular complexity index is 650. The van der Waals surface area contributed by atoms with Gasteiger partial charge in [-0.2, -0.15) is 0 Å². The summed E-state index contributed by atoms with van der Waals surface area (Å²) in [4.78, 5) is 21.4. The van der Waals surface area contributed by atoms with Crippen molar-refractivity contribution in [1.29, 1.82) is 0 Å². The van der Waals surface area contributed by atoms with Gasteiger partial charge in [-0.1, -0.05) is 17.7 Å². The van der Waals surface area contributed by atoms with Gasteiger partial charge in [0.05, 0.1) is 5.56 Å². The first-order chi connectivity index (χ1) is 9.42. The average molecular weight is 290 g/mol. The van der Waals surface area contributed by atoms with Gasteiger partial charge in [0.25, 0.3) is 0 Å². The van der Waals surface area contributed by atoms with Crippen molar-refractivity contribution in [2.45, 2.75) is 20.8 Å². The number of aromatic nitrogens is 2. The Hall–Kier alpha value is -1.94. The molecule has 20 heavy (non-hydrogen) atoms. The topological polar surface area (TPSA) is 46.1 Å². The molecule has 0 amide bonds. The van der Waals surface area contributed by atoms with Gasteiger partial charge in [-0.25, -0.2) is 9.97 Å². The number of hydrogen-bond acceptors (Lipinski definition) is 4. The Morgan fingerprint density at radius 2 is 1.70 bits per heavy atom. The van der Waals surface area contributed by atoms with E-state index in [1.165, 1.54) is 0 Å². The molecule has 0 radical (unpaired) electrons. The van der Waals surface area contributed by atoms with Gasteiger partial charge < -0.3 is 4.90 Å². The molecule has 0 unspecified atom stereocenters. The molecule has 0 saturated heterocycles. The first-order valence-corrected chi connectivity index (χ1v) is 6.61.